The maximum Gasteiger partial charge on any atom is 0.161 e. The van der Waals surface area contributed by atoms with E-state index >= 15 is 0 Å². The molecule has 1 heterocycles. The van der Waals surface area contributed by atoms with E-state index in [2.05, 4.69) is 29.3 Å². The van der Waals surface area contributed by atoms with Crippen LogP contribution in [-0.4, -0.2) is 22.2 Å². The zero-order valence-corrected chi connectivity index (χ0v) is 11.8. The van der Waals surface area contributed by atoms with Gasteiger partial charge in [-0.05, 0) is 24.1 Å². The van der Waals surface area contributed by atoms with Crippen LogP contribution < -0.4 is 10.6 Å². The van der Waals surface area contributed by atoms with Crippen LogP contribution in [-0.2, 0) is 6.54 Å². The number of anilines is 1. The number of thiocarbonyl (C=S) groups is 1. The standard InChI is InChI=1S/C14H16N4S/c1-10-5-3-4-6-11(10)9-18(2)14-12(13(15)19)7-8-16-17-14/h3-8H,9H2,1-2H3,(H2,15,19). The summed E-state index contributed by atoms with van der Waals surface area (Å²) in [7, 11) is 1.96. The summed E-state index contributed by atoms with van der Waals surface area (Å²) in [4.78, 5) is 2.34. The average molecular weight is 272 g/mol. The highest BCUT2D eigenvalue weighted by atomic mass is 32.1. The van der Waals surface area contributed by atoms with E-state index in [1.165, 1.54) is 11.1 Å². The zero-order valence-electron chi connectivity index (χ0n) is 11.0. The molecular formula is C14H16N4S. The normalized spacial score (nSPS) is 10.2. The zero-order chi connectivity index (χ0) is 13.8. The van der Waals surface area contributed by atoms with Crippen molar-refractivity contribution >= 4 is 23.0 Å². The van der Waals surface area contributed by atoms with Crippen LogP contribution in [0.15, 0.2) is 36.5 Å². The Morgan fingerprint density at radius 3 is 2.74 bits per heavy atom. The van der Waals surface area contributed by atoms with Crippen molar-refractivity contribution in [1.29, 1.82) is 0 Å². The molecule has 0 spiro atoms. The minimum atomic E-state index is 0.335. The highest BCUT2D eigenvalue weighted by Gasteiger charge is 2.12. The molecule has 4 nitrogen and oxygen atoms in total. The summed E-state index contributed by atoms with van der Waals surface area (Å²) >= 11 is 5.04. The van der Waals surface area contributed by atoms with E-state index in [1.54, 1.807) is 12.3 Å². The minimum absolute atomic E-state index is 0.335. The van der Waals surface area contributed by atoms with Gasteiger partial charge in [-0.1, -0.05) is 36.5 Å². The van der Waals surface area contributed by atoms with E-state index in [0.717, 1.165) is 12.1 Å². The van der Waals surface area contributed by atoms with Gasteiger partial charge < -0.3 is 10.6 Å². The van der Waals surface area contributed by atoms with Crippen molar-refractivity contribution in [3.8, 4) is 0 Å². The predicted molar refractivity (Wildman–Crippen MR) is 81.2 cm³/mol. The lowest BCUT2D eigenvalue weighted by atomic mass is 10.1. The third-order valence-electron chi connectivity index (χ3n) is 3.00. The van der Waals surface area contributed by atoms with Crippen LogP contribution >= 0.6 is 12.2 Å². The lowest BCUT2D eigenvalue weighted by molar-refractivity contribution is 0.859. The van der Waals surface area contributed by atoms with Gasteiger partial charge in [0, 0.05) is 13.6 Å². The van der Waals surface area contributed by atoms with Crippen LogP contribution in [0.5, 0.6) is 0 Å². The molecule has 0 aliphatic rings. The van der Waals surface area contributed by atoms with E-state index in [1.807, 2.05) is 24.1 Å². The molecule has 2 aromatic rings. The van der Waals surface area contributed by atoms with Gasteiger partial charge in [-0.3, -0.25) is 0 Å². The average Bonchev–Trinajstić information content (AvgIpc) is 2.41. The number of hydrogen-bond acceptors (Lipinski definition) is 4. The molecule has 0 atom stereocenters. The fraction of sp³-hybridized carbons (Fsp3) is 0.214. The fourth-order valence-corrected chi connectivity index (χ4v) is 2.08. The molecular weight excluding hydrogens is 256 g/mol. The molecule has 2 rings (SSSR count). The van der Waals surface area contributed by atoms with Gasteiger partial charge in [-0.2, -0.15) is 5.10 Å². The van der Waals surface area contributed by atoms with Gasteiger partial charge in [0.2, 0.25) is 0 Å². The van der Waals surface area contributed by atoms with Crippen LogP contribution in [0.3, 0.4) is 0 Å². The molecule has 2 N–H and O–H groups in total. The SMILES string of the molecule is Cc1ccccc1CN(C)c1nnccc1C(N)=S. The summed E-state index contributed by atoms with van der Waals surface area (Å²) in [6.07, 6.45) is 1.60. The van der Waals surface area contributed by atoms with Crippen LogP contribution in [0.2, 0.25) is 0 Å². The molecule has 1 aromatic heterocycles. The molecule has 0 saturated carbocycles. The van der Waals surface area contributed by atoms with Gasteiger partial charge in [-0.25, -0.2) is 0 Å². The van der Waals surface area contributed by atoms with E-state index in [4.69, 9.17) is 18.0 Å². The Morgan fingerprint density at radius 2 is 2.05 bits per heavy atom. The van der Waals surface area contributed by atoms with Crippen LogP contribution in [0.1, 0.15) is 16.7 Å². The molecule has 98 valence electrons. The Bertz CT molecular complexity index is 598. The van der Waals surface area contributed by atoms with Crippen molar-refractivity contribution in [2.45, 2.75) is 13.5 Å². The van der Waals surface area contributed by atoms with Crippen molar-refractivity contribution in [2.24, 2.45) is 5.73 Å². The molecule has 0 fully saturated rings. The molecule has 5 heteroatoms. The monoisotopic (exact) mass is 272 g/mol. The molecule has 0 saturated heterocycles. The highest BCUT2D eigenvalue weighted by Crippen LogP contribution is 2.18. The molecule has 0 aliphatic carbocycles. The smallest absolute Gasteiger partial charge is 0.161 e. The molecule has 0 bridgehead atoms. The third kappa shape index (κ3) is 3.06. The molecule has 19 heavy (non-hydrogen) atoms. The van der Waals surface area contributed by atoms with Crippen LogP contribution in [0.25, 0.3) is 0 Å². The quantitative estimate of drug-likeness (QED) is 0.863. The summed E-state index contributed by atoms with van der Waals surface area (Å²) in [5.41, 5.74) is 8.95. The first-order chi connectivity index (χ1) is 9.09. The Morgan fingerprint density at radius 1 is 1.32 bits per heavy atom. The summed E-state index contributed by atoms with van der Waals surface area (Å²) in [5.74, 6) is 0.707. The van der Waals surface area contributed by atoms with Gasteiger partial charge in [0.25, 0.3) is 0 Å². The Kier molecular flexibility index (Phi) is 4.06. The fourth-order valence-electron chi connectivity index (χ4n) is 1.92. The first-order valence-electron chi connectivity index (χ1n) is 5.96. The van der Waals surface area contributed by atoms with E-state index in [9.17, 15) is 0 Å². The van der Waals surface area contributed by atoms with E-state index in [-0.39, 0.29) is 0 Å². The topological polar surface area (TPSA) is 55.0 Å². The van der Waals surface area contributed by atoms with Gasteiger partial charge in [0.1, 0.15) is 4.99 Å². The number of nitrogens with zero attached hydrogens (tertiary/aromatic N) is 3. The van der Waals surface area contributed by atoms with E-state index in [0.29, 0.717) is 10.8 Å². The first-order valence-corrected chi connectivity index (χ1v) is 6.37. The number of aryl methyl sites for hydroxylation is 1. The van der Waals surface area contributed by atoms with Gasteiger partial charge in [0.15, 0.2) is 5.82 Å². The summed E-state index contributed by atoms with van der Waals surface area (Å²) in [6.45, 7) is 2.83. The Balaban J connectivity index is 2.28. The molecule has 0 unspecified atom stereocenters. The summed E-state index contributed by atoms with van der Waals surface area (Å²) < 4.78 is 0. The number of benzene rings is 1. The predicted octanol–water partition coefficient (Wildman–Crippen LogP) is 2.06. The second-order valence-electron chi connectivity index (χ2n) is 4.42. The van der Waals surface area contributed by atoms with Crippen molar-refractivity contribution in [2.75, 3.05) is 11.9 Å². The lowest BCUT2D eigenvalue weighted by Crippen LogP contribution is -2.23. The number of rotatable bonds is 4. The van der Waals surface area contributed by atoms with Crippen molar-refractivity contribution < 1.29 is 0 Å². The highest BCUT2D eigenvalue weighted by molar-refractivity contribution is 7.80. The maximum atomic E-state index is 5.71. The first kappa shape index (κ1) is 13.4. The maximum absolute atomic E-state index is 5.71. The number of hydrogen-bond donors (Lipinski definition) is 1. The second-order valence-corrected chi connectivity index (χ2v) is 4.86. The molecule has 0 aliphatic heterocycles. The van der Waals surface area contributed by atoms with Crippen LogP contribution in [0, 0.1) is 6.92 Å². The minimum Gasteiger partial charge on any atom is -0.389 e. The van der Waals surface area contributed by atoms with Crippen molar-refractivity contribution in [1.82, 2.24) is 10.2 Å². The lowest BCUT2D eigenvalue weighted by Gasteiger charge is -2.21. The summed E-state index contributed by atoms with van der Waals surface area (Å²) in [6, 6.07) is 10.0. The van der Waals surface area contributed by atoms with E-state index < -0.39 is 0 Å². The number of aromatic nitrogens is 2. The van der Waals surface area contributed by atoms with Gasteiger partial charge >= 0.3 is 0 Å². The van der Waals surface area contributed by atoms with Gasteiger partial charge in [0.05, 0.1) is 11.8 Å². The van der Waals surface area contributed by atoms with Gasteiger partial charge in [-0.15, -0.1) is 5.10 Å². The summed E-state index contributed by atoms with van der Waals surface area (Å²) in [5, 5.41) is 8.04. The largest absolute Gasteiger partial charge is 0.389 e. The molecule has 0 amide bonds. The van der Waals surface area contributed by atoms with Crippen molar-refractivity contribution in [3.63, 3.8) is 0 Å². The third-order valence-corrected chi connectivity index (χ3v) is 3.22. The number of nitrogens with two attached hydrogens (primary N) is 1. The Hall–Kier alpha value is -2.01. The van der Waals surface area contributed by atoms with Crippen molar-refractivity contribution in [3.05, 3.63) is 53.2 Å². The molecule has 0 radical (unpaired) electrons. The second kappa shape index (κ2) is 5.75. The van der Waals surface area contributed by atoms with Crippen LogP contribution in [0.4, 0.5) is 5.82 Å². The molecule has 1 aromatic carbocycles. The Labute approximate surface area is 118 Å².